The van der Waals surface area contributed by atoms with Gasteiger partial charge in [-0.2, -0.15) is 0 Å². The fourth-order valence-electron chi connectivity index (χ4n) is 9.19. The number of aliphatic hydroxyl groups excluding tert-OH is 2. The maximum atomic E-state index is 14.7. The predicted molar refractivity (Wildman–Crippen MR) is 176 cm³/mol. The summed E-state index contributed by atoms with van der Waals surface area (Å²) < 4.78 is 0. The average molecular weight is 623 g/mol. The summed E-state index contributed by atoms with van der Waals surface area (Å²) in [4.78, 5) is 41.0. The molecule has 4 N–H and O–H groups in total. The third-order valence-corrected chi connectivity index (χ3v) is 11.2. The summed E-state index contributed by atoms with van der Waals surface area (Å²) in [5.41, 5.74) is -2.98. The zero-order valence-electron chi connectivity index (χ0n) is 28.8. The van der Waals surface area contributed by atoms with Gasteiger partial charge >= 0.3 is 0 Å². The normalized spacial score (nSPS) is 28.2. The van der Waals surface area contributed by atoms with E-state index in [0.29, 0.717) is 18.8 Å². The zero-order valence-corrected chi connectivity index (χ0v) is 28.8. The van der Waals surface area contributed by atoms with Crippen molar-refractivity contribution in [3.05, 3.63) is 45.2 Å². The van der Waals surface area contributed by atoms with Crippen molar-refractivity contribution in [2.75, 3.05) is 0 Å². The summed E-state index contributed by atoms with van der Waals surface area (Å²) in [6.45, 7) is 16.8. The van der Waals surface area contributed by atoms with E-state index in [1.165, 1.54) is 0 Å². The zero-order chi connectivity index (χ0) is 33.8. The lowest BCUT2D eigenvalue weighted by Gasteiger charge is -2.60. The van der Waals surface area contributed by atoms with Crippen LogP contribution in [0, 0.1) is 28.6 Å². The molecule has 0 aromatic heterocycles. The van der Waals surface area contributed by atoms with Gasteiger partial charge in [0.15, 0.2) is 17.2 Å². The number of ketones is 3. The number of fused-ring (bicyclic) bond motifs is 3. The first-order chi connectivity index (χ1) is 20.9. The summed E-state index contributed by atoms with van der Waals surface area (Å²) >= 11 is 0. The Labute approximate surface area is 268 Å². The van der Waals surface area contributed by atoms with E-state index in [9.17, 15) is 34.8 Å². The van der Waals surface area contributed by atoms with Gasteiger partial charge in [-0.1, -0.05) is 100.0 Å². The van der Waals surface area contributed by atoms with Gasteiger partial charge in [0, 0.05) is 22.3 Å². The summed E-state index contributed by atoms with van der Waals surface area (Å²) in [6.07, 6.45) is 7.49. The number of rotatable bonds is 11. The van der Waals surface area contributed by atoms with E-state index in [1.807, 2.05) is 20.8 Å². The van der Waals surface area contributed by atoms with E-state index >= 15 is 0 Å². The van der Waals surface area contributed by atoms with Gasteiger partial charge in [-0.15, -0.1) is 0 Å². The summed E-state index contributed by atoms with van der Waals surface area (Å²) in [6, 6.07) is 2.07. The molecular weight excluding hydrogens is 568 g/mol. The van der Waals surface area contributed by atoms with Crippen LogP contribution in [0.5, 0.6) is 5.75 Å². The molecular formula is C38H54O7. The number of hydrogen-bond acceptors (Lipinski definition) is 7. The lowest BCUT2D eigenvalue weighted by Crippen LogP contribution is -2.69. The van der Waals surface area contributed by atoms with Gasteiger partial charge in [-0.05, 0) is 60.6 Å². The molecule has 1 aromatic rings. The third kappa shape index (κ3) is 5.27. The SMILES string of the molecule is CCCCC(CCCC)Cc1cc(C(C)C)c2c(c1O)C(O)=C1C(=O)[C@@]3(O)C(O)=C(C(C)=O)C(=O)C(C(C)C)[C@@]3(C)C[C@@]1(C)C2. The maximum absolute atomic E-state index is 14.7. The van der Waals surface area contributed by atoms with E-state index in [0.717, 1.165) is 62.1 Å². The summed E-state index contributed by atoms with van der Waals surface area (Å²) in [7, 11) is 0. The largest absolute Gasteiger partial charge is 0.508 e. The van der Waals surface area contributed by atoms with Crippen molar-refractivity contribution in [2.24, 2.45) is 28.6 Å². The fourth-order valence-corrected chi connectivity index (χ4v) is 9.19. The molecule has 7 heteroatoms. The smallest absolute Gasteiger partial charge is 0.203 e. The quantitative estimate of drug-likeness (QED) is 0.185. The molecule has 4 atom stereocenters. The number of Topliss-reactive ketones (excluding diaryl/α,β-unsaturated/α-hetero) is 3. The number of carbonyl (C=O) groups is 3. The monoisotopic (exact) mass is 622 g/mol. The van der Waals surface area contributed by atoms with Gasteiger partial charge in [-0.3, -0.25) is 14.4 Å². The highest BCUT2D eigenvalue weighted by Crippen LogP contribution is 2.65. The molecule has 1 fully saturated rings. The van der Waals surface area contributed by atoms with Crippen molar-refractivity contribution in [2.45, 2.75) is 132 Å². The van der Waals surface area contributed by atoms with E-state index in [1.54, 1.807) is 6.92 Å². The predicted octanol–water partition coefficient (Wildman–Crippen LogP) is 7.85. The van der Waals surface area contributed by atoms with Gasteiger partial charge in [0.2, 0.25) is 5.78 Å². The molecule has 7 nitrogen and oxygen atoms in total. The Bertz CT molecular complexity index is 1450. The molecule has 3 aliphatic rings. The highest BCUT2D eigenvalue weighted by molar-refractivity contribution is 6.24. The fraction of sp³-hybridized carbons (Fsp3) is 0.658. The Hall–Kier alpha value is -2.93. The molecule has 248 valence electrons. The Balaban J connectivity index is 1.99. The van der Waals surface area contributed by atoms with Gasteiger partial charge < -0.3 is 20.4 Å². The summed E-state index contributed by atoms with van der Waals surface area (Å²) in [5, 5.41) is 47.6. The highest BCUT2D eigenvalue weighted by Gasteiger charge is 2.72. The number of unbranched alkanes of at least 4 members (excludes halogenated alkanes) is 2. The van der Waals surface area contributed by atoms with Crippen molar-refractivity contribution in [1.82, 2.24) is 0 Å². The molecule has 0 amide bonds. The van der Waals surface area contributed by atoms with E-state index in [-0.39, 0.29) is 35.1 Å². The first-order valence-corrected chi connectivity index (χ1v) is 17.0. The molecule has 0 heterocycles. The van der Waals surface area contributed by atoms with Crippen LogP contribution in [0.2, 0.25) is 0 Å². The minimum atomic E-state index is -2.60. The number of phenols is 1. The lowest BCUT2D eigenvalue weighted by molar-refractivity contribution is -0.178. The van der Waals surface area contributed by atoms with Crippen molar-refractivity contribution in [3.63, 3.8) is 0 Å². The van der Waals surface area contributed by atoms with E-state index in [4.69, 9.17) is 0 Å². The van der Waals surface area contributed by atoms with Crippen LogP contribution in [0.25, 0.3) is 5.76 Å². The molecule has 0 bridgehead atoms. The van der Waals surface area contributed by atoms with Gasteiger partial charge in [0.05, 0.1) is 5.56 Å². The molecule has 45 heavy (non-hydrogen) atoms. The molecule has 1 aromatic carbocycles. The topological polar surface area (TPSA) is 132 Å². The molecule has 1 saturated carbocycles. The minimum Gasteiger partial charge on any atom is -0.508 e. The van der Waals surface area contributed by atoms with Crippen molar-refractivity contribution >= 4 is 23.1 Å². The molecule has 0 spiro atoms. The summed E-state index contributed by atoms with van der Waals surface area (Å²) in [5.74, 6) is -4.43. The second-order valence-electron chi connectivity index (χ2n) is 15.3. The minimum absolute atomic E-state index is 0.0457. The van der Waals surface area contributed by atoms with Crippen LogP contribution in [0.1, 0.15) is 135 Å². The molecule has 0 aliphatic heterocycles. The van der Waals surface area contributed by atoms with Crippen LogP contribution in [-0.2, 0) is 27.2 Å². The van der Waals surface area contributed by atoms with Gasteiger partial charge in [0.1, 0.15) is 22.8 Å². The van der Waals surface area contributed by atoms with Crippen molar-refractivity contribution < 1.29 is 34.8 Å². The van der Waals surface area contributed by atoms with Crippen LogP contribution in [0.4, 0.5) is 0 Å². The van der Waals surface area contributed by atoms with Crippen LogP contribution in [-0.4, -0.2) is 43.4 Å². The van der Waals surface area contributed by atoms with Crippen molar-refractivity contribution in [3.8, 4) is 5.75 Å². The highest BCUT2D eigenvalue weighted by atomic mass is 16.3. The number of phenolic OH excluding ortho intramolecular Hbond substituents is 1. The van der Waals surface area contributed by atoms with Crippen LogP contribution in [0.3, 0.4) is 0 Å². The van der Waals surface area contributed by atoms with Gasteiger partial charge in [0.25, 0.3) is 0 Å². The average Bonchev–Trinajstić information content (AvgIpc) is 2.92. The first kappa shape index (κ1) is 34.9. The van der Waals surface area contributed by atoms with Crippen LogP contribution >= 0.6 is 0 Å². The Morgan fingerprint density at radius 2 is 1.58 bits per heavy atom. The van der Waals surface area contributed by atoms with E-state index in [2.05, 4.69) is 33.8 Å². The molecule has 1 unspecified atom stereocenters. The molecule has 4 rings (SSSR count). The molecule has 3 aliphatic carbocycles. The second-order valence-corrected chi connectivity index (χ2v) is 15.3. The van der Waals surface area contributed by atoms with Gasteiger partial charge in [-0.25, -0.2) is 0 Å². The standard InChI is InChI=1S/C38H54O7/c1-10-12-14-23(15-13-11-2)16-24-17-25(20(3)4)26-18-36(8)19-37(9)29(21(5)6)32(41)27(22(7)39)34(43)38(37,45)35(44)30(36)33(42)28(26)31(24)40/h17,20-21,23,29,40,42-43,45H,10-16,18-19H2,1-9H3/t29?,36-,37-,38+/m1/s1. The lowest BCUT2D eigenvalue weighted by atomic mass is 9.43. The number of carbonyl (C=O) groups excluding carboxylic acids is 3. The van der Waals surface area contributed by atoms with Crippen LogP contribution in [0.15, 0.2) is 23.0 Å². The van der Waals surface area contributed by atoms with Crippen molar-refractivity contribution in [1.29, 1.82) is 0 Å². The Morgan fingerprint density at radius 3 is 2.07 bits per heavy atom. The number of aromatic hydroxyl groups is 1. The van der Waals surface area contributed by atoms with Crippen LogP contribution < -0.4 is 0 Å². The molecule has 0 radical (unpaired) electrons. The number of hydrogen-bond donors (Lipinski definition) is 4. The Kier molecular flexibility index (Phi) is 9.59. The Morgan fingerprint density at radius 1 is 1.00 bits per heavy atom. The molecule has 0 saturated heterocycles. The third-order valence-electron chi connectivity index (χ3n) is 11.2. The van der Waals surface area contributed by atoms with E-state index < -0.39 is 56.8 Å². The second kappa shape index (κ2) is 12.4. The maximum Gasteiger partial charge on any atom is 0.203 e. The number of benzene rings is 1. The number of allylic oxidation sites excluding steroid dienone is 1. The first-order valence-electron chi connectivity index (χ1n) is 17.0. The number of aliphatic hydroxyl groups is 3.